The molecule has 0 radical (unpaired) electrons. The zero-order valence-corrected chi connectivity index (χ0v) is 17.5. The fourth-order valence-corrected chi connectivity index (χ4v) is 5.05. The van der Waals surface area contributed by atoms with Crippen molar-refractivity contribution in [2.45, 2.75) is 26.2 Å². The summed E-state index contributed by atoms with van der Waals surface area (Å²) in [4.78, 5) is 13.5. The van der Waals surface area contributed by atoms with Gasteiger partial charge in [0.2, 0.25) is 0 Å². The van der Waals surface area contributed by atoms with Crippen molar-refractivity contribution in [1.29, 1.82) is 0 Å². The van der Waals surface area contributed by atoms with Gasteiger partial charge in [0.05, 0.1) is 7.11 Å². The molecule has 0 aliphatic heterocycles. The van der Waals surface area contributed by atoms with Crippen LogP contribution in [0.3, 0.4) is 0 Å². The number of Topliss-reactive ketones (excluding diaryl/α,β-unsaturated/α-hetero) is 1. The SMILES string of the molecule is CCC1Cc2ccc3c(c2=CC1C(=O)c1ccc(OC)cc1)=CCc1ccccc1-3. The Hall–Kier alpha value is -3.13. The minimum Gasteiger partial charge on any atom is -0.497 e. The van der Waals surface area contributed by atoms with Gasteiger partial charge < -0.3 is 4.74 Å². The molecule has 0 aromatic heterocycles. The summed E-state index contributed by atoms with van der Waals surface area (Å²) in [5, 5.41) is 2.56. The van der Waals surface area contributed by atoms with Crippen LogP contribution in [-0.2, 0) is 12.8 Å². The van der Waals surface area contributed by atoms with E-state index in [0.29, 0.717) is 5.92 Å². The molecule has 3 aromatic carbocycles. The van der Waals surface area contributed by atoms with Crippen LogP contribution in [0.4, 0.5) is 0 Å². The lowest BCUT2D eigenvalue weighted by atomic mass is 9.75. The topological polar surface area (TPSA) is 26.3 Å². The van der Waals surface area contributed by atoms with Gasteiger partial charge in [-0.05, 0) is 75.7 Å². The molecule has 0 N–H and O–H groups in total. The summed E-state index contributed by atoms with van der Waals surface area (Å²) in [6.07, 6.45) is 7.49. The van der Waals surface area contributed by atoms with Crippen LogP contribution in [0.25, 0.3) is 23.3 Å². The van der Waals surface area contributed by atoms with Crippen LogP contribution in [0, 0.1) is 11.8 Å². The number of ketones is 1. The van der Waals surface area contributed by atoms with Crippen molar-refractivity contribution in [2.75, 3.05) is 7.11 Å². The lowest BCUT2D eigenvalue weighted by Crippen LogP contribution is -2.40. The summed E-state index contributed by atoms with van der Waals surface area (Å²) in [6, 6.07) is 20.7. The Morgan fingerprint density at radius 3 is 2.50 bits per heavy atom. The van der Waals surface area contributed by atoms with Crippen LogP contribution in [0.2, 0.25) is 0 Å². The van der Waals surface area contributed by atoms with Crippen LogP contribution in [0.5, 0.6) is 5.75 Å². The third-order valence-electron chi connectivity index (χ3n) is 6.75. The number of hydrogen-bond acceptors (Lipinski definition) is 2. The number of carbonyl (C=O) groups excluding carboxylic acids is 1. The summed E-state index contributed by atoms with van der Waals surface area (Å²) in [5.41, 5.74) is 6.12. The molecule has 150 valence electrons. The van der Waals surface area contributed by atoms with Gasteiger partial charge in [-0.25, -0.2) is 0 Å². The average Bonchev–Trinajstić information content (AvgIpc) is 2.82. The van der Waals surface area contributed by atoms with Gasteiger partial charge in [0.1, 0.15) is 5.75 Å². The number of methoxy groups -OCH3 is 1. The number of rotatable bonds is 4. The van der Waals surface area contributed by atoms with Crippen LogP contribution >= 0.6 is 0 Å². The molecular formula is C28H26O2. The molecule has 0 saturated carbocycles. The van der Waals surface area contributed by atoms with E-state index in [1.807, 2.05) is 24.3 Å². The highest BCUT2D eigenvalue weighted by atomic mass is 16.5. The molecule has 30 heavy (non-hydrogen) atoms. The Morgan fingerprint density at radius 1 is 0.933 bits per heavy atom. The van der Waals surface area contributed by atoms with Crippen LogP contribution < -0.4 is 15.2 Å². The van der Waals surface area contributed by atoms with Gasteiger partial charge in [-0.1, -0.05) is 61.9 Å². The Balaban J connectivity index is 1.63. The molecule has 2 nitrogen and oxygen atoms in total. The van der Waals surface area contributed by atoms with E-state index in [0.717, 1.165) is 30.6 Å². The standard InChI is InChI=1S/C28H26O2/c1-3-18-16-21-11-15-24-23-7-5-4-6-19(23)10-14-25(24)26(21)17-27(18)28(29)20-8-12-22(30-2)13-9-20/h4-9,11-15,17-18,27H,3,10,16H2,1-2H3. The summed E-state index contributed by atoms with van der Waals surface area (Å²) in [6.45, 7) is 2.19. The lowest BCUT2D eigenvalue weighted by molar-refractivity contribution is 0.0914. The van der Waals surface area contributed by atoms with Gasteiger partial charge in [-0.15, -0.1) is 0 Å². The van der Waals surface area contributed by atoms with E-state index in [9.17, 15) is 4.79 Å². The van der Waals surface area contributed by atoms with E-state index in [1.165, 1.54) is 32.7 Å². The van der Waals surface area contributed by atoms with E-state index in [4.69, 9.17) is 4.74 Å². The van der Waals surface area contributed by atoms with E-state index >= 15 is 0 Å². The first-order valence-electron chi connectivity index (χ1n) is 10.8. The first kappa shape index (κ1) is 18.9. The second kappa shape index (κ2) is 7.60. The summed E-state index contributed by atoms with van der Waals surface area (Å²) in [7, 11) is 1.65. The van der Waals surface area contributed by atoms with Crippen molar-refractivity contribution in [1.82, 2.24) is 0 Å². The van der Waals surface area contributed by atoms with Gasteiger partial charge in [0.15, 0.2) is 5.78 Å². The van der Waals surface area contributed by atoms with Crippen molar-refractivity contribution in [3.8, 4) is 16.9 Å². The van der Waals surface area contributed by atoms with E-state index in [1.54, 1.807) is 7.11 Å². The second-order valence-electron chi connectivity index (χ2n) is 8.32. The normalized spacial score (nSPS) is 18.9. The van der Waals surface area contributed by atoms with Crippen LogP contribution in [-0.4, -0.2) is 12.9 Å². The number of benzene rings is 3. The maximum atomic E-state index is 13.5. The average molecular weight is 395 g/mol. The summed E-state index contributed by atoms with van der Waals surface area (Å²) < 4.78 is 5.25. The third kappa shape index (κ3) is 3.08. The molecule has 2 unspecified atom stereocenters. The molecule has 0 saturated heterocycles. The largest absolute Gasteiger partial charge is 0.497 e. The highest BCUT2D eigenvalue weighted by Gasteiger charge is 2.30. The first-order chi connectivity index (χ1) is 14.7. The van der Waals surface area contributed by atoms with Gasteiger partial charge in [0, 0.05) is 11.5 Å². The highest BCUT2D eigenvalue weighted by molar-refractivity contribution is 6.01. The molecule has 0 amide bonds. The van der Waals surface area contributed by atoms with Gasteiger partial charge in [-0.2, -0.15) is 0 Å². The minimum atomic E-state index is -0.0898. The van der Waals surface area contributed by atoms with Crippen molar-refractivity contribution in [3.63, 3.8) is 0 Å². The predicted molar refractivity (Wildman–Crippen MR) is 122 cm³/mol. The fraction of sp³-hybridized carbons (Fsp3) is 0.250. The maximum Gasteiger partial charge on any atom is 0.170 e. The Morgan fingerprint density at radius 2 is 1.73 bits per heavy atom. The van der Waals surface area contributed by atoms with E-state index in [-0.39, 0.29) is 11.7 Å². The Labute approximate surface area is 177 Å². The molecule has 2 aliphatic carbocycles. The molecule has 5 rings (SSSR count). The molecule has 3 aromatic rings. The number of ether oxygens (including phenoxy) is 1. The zero-order valence-electron chi connectivity index (χ0n) is 17.5. The molecule has 2 heteroatoms. The number of hydrogen-bond donors (Lipinski definition) is 0. The van der Waals surface area contributed by atoms with Gasteiger partial charge >= 0.3 is 0 Å². The van der Waals surface area contributed by atoms with E-state index in [2.05, 4.69) is 55.5 Å². The minimum absolute atomic E-state index is 0.0898. The van der Waals surface area contributed by atoms with E-state index < -0.39 is 0 Å². The monoisotopic (exact) mass is 394 g/mol. The second-order valence-corrected chi connectivity index (χ2v) is 8.32. The molecule has 0 bridgehead atoms. The Bertz CT molecular complexity index is 1230. The molecule has 2 atom stereocenters. The molecule has 0 spiro atoms. The smallest absolute Gasteiger partial charge is 0.170 e. The first-order valence-corrected chi connectivity index (χ1v) is 10.8. The number of carbonyl (C=O) groups is 1. The van der Waals surface area contributed by atoms with Crippen molar-refractivity contribution in [2.24, 2.45) is 11.8 Å². The number of fused-ring (bicyclic) bond motifs is 5. The molecular weight excluding hydrogens is 368 g/mol. The Kier molecular flexibility index (Phi) is 4.78. The van der Waals surface area contributed by atoms with Crippen LogP contribution in [0.1, 0.15) is 34.8 Å². The summed E-state index contributed by atoms with van der Waals surface area (Å²) >= 11 is 0. The van der Waals surface area contributed by atoms with Gasteiger partial charge in [-0.3, -0.25) is 4.79 Å². The molecule has 0 heterocycles. The third-order valence-corrected chi connectivity index (χ3v) is 6.75. The fourth-order valence-electron chi connectivity index (χ4n) is 5.05. The molecule has 0 fully saturated rings. The quantitative estimate of drug-likeness (QED) is 0.607. The lowest BCUT2D eigenvalue weighted by Gasteiger charge is -2.28. The van der Waals surface area contributed by atoms with Crippen molar-refractivity contribution < 1.29 is 9.53 Å². The van der Waals surface area contributed by atoms with Gasteiger partial charge in [0.25, 0.3) is 0 Å². The predicted octanol–water partition coefficient (Wildman–Crippen LogP) is 4.56. The van der Waals surface area contributed by atoms with Crippen LogP contribution in [0.15, 0.2) is 60.7 Å². The van der Waals surface area contributed by atoms with Crippen molar-refractivity contribution >= 4 is 17.9 Å². The summed E-state index contributed by atoms with van der Waals surface area (Å²) in [5.74, 6) is 1.23. The molecule has 2 aliphatic rings. The highest BCUT2D eigenvalue weighted by Crippen LogP contribution is 2.30. The van der Waals surface area contributed by atoms with Crippen molar-refractivity contribution in [3.05, 3.63) is 87.8 Å². The maximum absolute atomic E-state index is 13.5. The zero-order chi connectivity index (χ0) is 20.7.